The van der Waals surface area contributed by atoms with Gasteiger partial charge >= 0.3 is 0 Å². The fourth-order valence-corrected chi connectivity index (χ4v) is 4.03. The molecule has 2 aromatic rings. The van der Waals surface area contributed by atoms with Crippen LogP contribution in [-0.2, 0) is 16.1 Å². The summed E-state index contributed by atoms with van der Waals surface area (Å²) in [5.74, 6) is 1.63. The van der Waals surface area contributed by atoms with Crippen molar-refractivity contribution in [2.75, 3.05) is 19.7 Å². The van der Waals surface area contributed by atoms with Crippen LogP contribution in [0.25, 0.3) is 11.4 Å². The van der Waals surface area contributed by atoms with Crippen molar-refractivity contribution in [3.63, 3.8) is 0 Å². The van der Waals surface area contributed by atoms with Gasteiger partial charge in [0.25, 0.3) is 0 Å². The zero-order valence-electron chi connectivity index (χ0n) is 18.0. The Bertz CT molecular complexity index is 916. The van der Waals surface area contributed by atoms with Gasteiger partial charge in [-0.25, -0.2) is 0 Å². The SMILES string of the molecule is CCOc1ccc(-c2n[nH]c(=S)n2CCC(=O)NCCNC(=O)C2CCCCC2)cc1. The fraction of sp³-hybridized carbons (Fsp3) is 0.545. The van der Waals surface area contributed by atoms with E-state index in [9.17, 15) is 9.59 Å². The van der Waals surface area contributed by atoms with E-state index in [1.54, 1.807) is 0 Å². The molecule has 0 saturated heterocycles. The van der Waals surface area contributed by atoms with Gasteiger partial charge in [-0.3, -0.25) is 19.3 Å². The number of hydrogen-bond donors (Lipinski definition) is 3. The molecule has 0 radical (unpaired) electrons. The normalized spacial score (nSPS) is 14.2. The highest BCUT2D eigenvalue weighted by molar-refractivity contribution is 7.71. The van der Waals surface area contributed by atoms with Gasteiger partial charge in [-0.1, -0.05) is 19.3 Å². The van der Waals surface area contributed by atoms with Crippen LogP contribution in [0.5, 0.6) is 5.75 Å². The van der Waals surface area contributed by atoms with Crippen LogP contribution in [-0.4, -0.2) is 46.3 Å². The third kappa shape index (κ3) is 6.65. The zero-order chi connectivity index (χ0) is 22.1. The molecule has 3 rings (SSSR count). The topological polar surface area (TPSA) is 101 Å². The molecule has 0 spiro atoms. The van der Waals surface area contributed by atoms with Crippen LogP contribution in [0.2, 0.25) is 0 Å². The van der Waals surface area contributed by atoms with Crippen LogP contribution in [0.1, 0.15) is 45.4 Å². The Morgan fingerprint density at radius 3 is 2.58 bits per heavy atom. The van der Waals surface area contributed by atoms with Gasteiger partial charge in [-0.15, -0.1) is 0 Å². The van der Waals surface area contributed by atoms with Gasteiger partial charge in [-0.2, -0.15) is 5.10 Å². The van der Waals surface area contributed by atoms with E-state index in [4.69, 9.17) is 17.0 Å². The van der Waals surface area contributed by atoms with Crippen molar-refractivity contribution in [2.45, 2.75) is 52.0 Å². The number of H-pyrrole nitrogens is 1. The minimum absolute atomic E-state index is 0.0901. The van der Waals surface area contributed by atoms with E-state index in [-0.39, 0.29) is 24.2 Å². The quantitative estimate of drug-likeness (QED) is 0.385. The molecule has 1 fully saturated rings. The third-order valence-electron chi connectivity index (χ3n) is 5.47. The Morgan fingerprint density at radius 2 is 1.87 bits per heavy atom. The summed E-state index contributed by atoms with van der Waals surface area (Å²) in [7, 11) is 0. The molecule has 1 saturated carbocycles. The molecule has 0 bridgehead atoms. The van der Waals surface area contributed by atoms with Gasteiger partial charge in [0.1, 0.15) is 5.75 Å². The third-order valence-corrected chi connectivity index (χ3v) is 5.78. The molecule has 2 amide bonds. The first-order chi connectivity index (χ1) is 15.1. The van der Waals surface area contributed by atoms with E-state index in [1.807, 2.05) is 35.8 Å². The predicted octanol–water partition coefficient (Wildman–Crippen LogP) is 3.21. The molecule has 1 aliphatic carbocycles. The molecular formula is C22H31N5O3S. The lowest BCUT2D eigenvalue weighted by molar-refractivity contribution is -0.126. The minimum atomic E-state index is -0.0901. The number of ether oxygens (including phenoxy) is 1. The van der Waals surface area contributed by atoms with Gasteiger partial charge < -0.3 is 15.4 Å². The molecule has 9 heteroatoms. The molecule has 168 valence electrons. The van der Waals surface area contributed by atoms with Crippen LogP contribution >= 0.6 is 12.2 Å². The van der Waals surface area contributed by atoms with Gasteiger partial charge in [0.15, 0.2) is 10.6 Å². The first kappa shape index (κ1) is 23.0. The van der Waals surface area contributed by atoms with E-state index in [1.165, 1.54) is 6.42 Å². The molecular weight excluding hydrogens is 414 g/mol. The Kier molecular flexibility index (Phi) is 8.63. The summed E-state index contributed by atoms with van der Waals surface area (Å²) in [6, 6.07) is 7.60. The van der Waals surface area contributed by atoms with Crippen molar-refractivity contribution in [2.24, 2.45) is 5.92 Å². The molecule has 1 aliphatic rings. The first-order valence-electron chi connectivity index (χ1n) is 11.0. The zero-order valence-corrected chi connectivity index (χ0v) is 18.8. The molecule has 31 heavy (non-hydrogen) atoms. The van der Waals surface area contributed by atoms with Crippen LogP contribution < -0.4 is 15.4 Å². The van der Waals surface area contributed by atoms with Crippen LogP contribution in [0.4, 0.5) is 0 Å². The average molecular weight is 446 g/mol. The second kappa shape index (κ2) is 11.6. The summed E-state index contributed by atoms with van der Waals surface area (Å²) in [5, 5.41) is 12.9. The number of nitrogens with zero attached hydrogens (tertiary/aromatic N) is 2. The summed E-state index contributed by atoms with van der Waals surface area (Å²) >= 11 is 5.33. The fourth-order valence-electron chi connectivity index (χ4n) is 3.81. The van der Waals surface area contributed by atoms with E-state index < -0.39 is 0 Å². The number of aromatic nitrogens is 3. The van der Waals surface area contributed by atoms with E-state index in [0.717, 1.165) is 37.0 Å². The van der Waals surface area contributed by atoms with Gasteiger partial charge in [0.2, 0.25) is 11.8 Å². The van der Waals surface area contributed by atoms with Crippen molar-refractivity contribution in [3.8, 4) is 17.1 Å². The second-order valence-corrected chi connectivity index (χ2v) is 8.07. The summed E-state index contributed by atoms with van der Waals surface area (Å²) in [6.45, 7) is 3.83. The van der Waals surface area contributed by atoms with Crippen molar-refractivity contribution < 1.29 is 14.3 Å². The molecule has 1 aromatic carbocycles. The summed E-state index contributed by atoms with van der Waals surface area (Å²) < 4.78 is 7.76. The average Bonchev–Trinajstić information content (AvgIpc) is 3.16. The van der Waals surface area contributed by atoms with Crippen LogP contribution in [0.3, 0.4) is 0 Å². The Hall–Kier alpha value is -2.68. The molecule has 1 aromatic heterocycles. The lowest BCUT2D eigenvalue weighted by atomic mass is 9.89. The monoisotopic (exact) mass is 445 g/mol. The number of carbonyl (C=O) groups excluding carboxylic acids is 2. The van der Waals surface area contributed by atoms with Gasteiger partial charge in [-0.05, 0) is 56.2 Å². The summed E-state index contributed by atoms with van der Waals surface area (Å²) in [6.07, 6.45) is 5.70. The van der Waals surface area contributed by atoms with E-state index >= 15 is 0 Å². The number of rotatable bonds is 10. The minimum Gasteiger partial charge on any atom is -0.494 e. The number of benzene rings is 1. The van der Waals surface area contributed by atoms with Crippen molar-refractivity contribution >= 4 is 24.0 Å². The summed E-state index contributed by atoms with van der Waals surface area (Å²) in [4.78, 5) is 24.4. The maximum absolute atomic E-state index is 12.2. The predicted molar refractivity (Wildman–Crippen MR) is 121 cm³/mol. The molecule has 0 unspecified atom stereocenters. The lowest BCUT2D eigenvalue weighted by Gasteiger charge is -2.20. The van der Waals surface area contributed by atoms with Gasteiger partial charge in [0.05, 0.1) is 6.61 Å². The standard InChI is InChI=1S/C22H31N5O3S/c1-2-30-18-10-8-16(9-11-18)20-25-26-22(31)27(20)15-12-19(28)23-13-14-24-21(29)17-6-4-3-5-7-17/h8-11,17H,2-7,12-15H2,1H3,(H,23,28)(H,24,29)(H,26,31). The van der Waals surface area contributed by atoms with Crippen molar-refractivity contribution in [3.05, 3.63) is 29.0 Å². The van der Waals surface area contributed by atoms with Crippen LogP contribution in [0, 0.1) is 10.7 Å². The van der Waals surface area contributed by atoms with Gasteiger partial charge in [0, 0.05) is 37.5 Å². The number of hydrogen-bond acceptors (Lipinski definition) is 5. The highest BCUT2D eigenvalue weighted by Crippen LogP contribution is 2.23. The summed E-state index contributed by atoms with van der Waals surface area (Å²) in [5.41, 5.74) is 0.890. The molecule has 0 aliphatic heterocycles. The number of nitrogens with one attached hydrogen (secondary N) is 3. The molecule has 0 atom stereocenters. The largest absolute Gasteiger partial charge is 0.494 e. The molecule has 3 N–H and O–H groups in total. The first-order valence-corrected chi connectivity index (χ1v) is 11.4. The van der Waals surface area contributed by atoms with E-state index in [2.05, 4.69) is 20.8 Å². The van der Waals surface area contributed by atoms with Crippen molar-refractivity contribution in [1.82, 2.24) is 25.4 Å². The highest BCUT2D eigenvalue weighted by atomic mass is 32.1. The molecule has 1 heterocycles. The number of carbonyl (C=O) groups is 2. The molecule has 8 nitrogen and oxygen atoms in total. The number of amides is 2. The smallest absolute Gasteiger partial charge is 0.223 e. The maximum Gasteiger partial charge on any atom is 0.223 e. The lowest BCUT2D eigenvalue weighted by Crippen LogP contribution is -2.38. The van der Waals surface area contributed by atoms with E-state index in [0.29, 0.717) is 36.8 Å². The highest BCUT2D eigenvalue weighted by Gasteiger charge is 2.20. The van der Waals surface area contributed by atoms with Crippen LogP contribution in [0.15, 0.2) is 24.3 Å². The Morgan fingerprint density at radius 1 is 1.16 bits per heavy atom. The Labute approximate surface area is 187 Å². The van der Waals surface area contributed by atoms with Crippen molar-refractivity contribution in [1.29, 1.82) is 0 Å². The number of aromatic amines is 1. The maximum atomic E-state index is 12.2. The second-order valence-electron chi connectivity index (χ2n) is 7.69. The Balaban J connectivity index is 1.44.